The first-order valence-electron chi connectivity index (χ1n) is 9.78. The normalized spacial score (nSPS) is 13.7. The van der Waals surface area contributed by atoms with Crippen LogP contribution in [0.25, 0.3) is 11.1 Å². The molecule has 0 atom stereocenters. The Morgan fingerprint density at radius 3 is 2.40 bits per heavy atom. The maximum absolute atomic E-state index is 12.6. The van der Waals surface area contributed by atoms with E-state index >= 15 is 0 Å². The number of nitrogens with zero attached hydrogens (tertiary/aromatic N) is 4. The number of ether oxygens (including phenoxy) is 2. The third-order valence-corrected chi connectivity index (χ3v) is 4.79. The number of carbonyl (C=O) groups is 1. The lowest BCUT2D eigenvalue weighted by Gasteiger charge is -2.26. The van der Waals surface area contributed by atoms with E-state index in [4.69, 9.17) is 9.47 Å². The number of carbonyl (C=O) groups excluding carboxylic acids is 1. The maximum Gasteiger partial charge on any atom is 0.321 e. The van der Waals surface area contributed by atoms with Crippen LogP contribution in [0.15, 0.2) is 54.6 Å². The summed E-state index contributed by atoms with van der Waals surface area (Å²) in [5, 5.41) is 2.87. The Kier molecular flexibility index (Phi) is 6.14. The number of aromatic nitrogens is 3. The first kappa shape index (κ1) is 19.8. The van der Waals surface area contributed by atoms with Gasteiger partial charge in [0.15, 0.2) is 5.82 Å². The number of rotatable bonds is 6. The first-order chi connectivity index (χ1) is 14.7. The largest absolute Gasteiger partial charge is 0.467 e. The molecule has 1 amide bonds. The summed E-state index contributed by atoms with van der Waals surface area (Å²) in [6, 6.07) is 17.8. The molecule has 0 unspecified atom stereocenters. The topological polar surface area (TPSA) is 89.5 Å². The molecule has 3 aromatic rings. The van der Waals surface area contributed by atoms with Crippen molar-refractivity contribution in [1.29, 1.82) is 0 Å². The van der Waals surface area contributed by atoms with Crippen molar-refractivity contribution in [2.24, 2.45) is 0 Å². The van der Waals surface area contributed by atoms with Crippen LogP contribution in [0.5, 0.6) is 6.01 Å². The zero-order valence-corrected chi connectivity index (χ0v) is 16.7. The third kappa shape index (κ3) is 4.72. The van der Waals surface area contributed by atoms with Gasteiger partial charge in [-0.15, -0.1) is 0 Å². The van der Waals surface area contributed by atoms with Crippen LogP contribution in [0.1, 0.15) is 16.2 Å². The van der Waals surface area contributed by atoms with Crippen LogP contribution in [0, 0.1) is 0 Å². The predicted molar refractivity (Wildman–Crippen MR) is 112 cm³/mol. The summed E-state index contributed by atoms with van der Waals surface area (Å²) >= 11 is 0. The molecule has 0 radical (unpaired) electrons. The van der Waals surface area contributed by atoms with Gasteiger partial charge in [0.1, 0.15) is 0 Å². The van der Waals surface area contributed by atoms with E-state index in [0.717, 1.165) is 11.1 Å². The summed E-state index contributed by atoms with van der Waals surface area (Å²) in [5.74, 6) is 0.779. The Hall–Kier alpha value is -3.52. The van der Waals surface area contributed by atoms with Crippen molar-refractivity contribution in [2.45, 2.75) is 6.54 Å². The van der Waals surface area contributed by atoms with Crippen LogP contribution in [-0.4, -0.2) is 54.3 Å². The molecule has 4 rings (SSSR count). The summed E-state index contributed by atoms with van der Waals surface area (Å²) in [5.41, 5.74) is 2.74. The van der Waals surface area contributed by atoms with E-state index in [-0.39, 0.29) is 18.5 Å². The van der Waals surface area contributed by atoms with Crippen LogP contribution in [0.3, 0.4) is 0 Å². The van der Waals surface area contributed by atoms with Gasteiger partial charge in [0.05, 0.1) is 26.9 Å². The second kappa shape index (κ2) is 9.32. The maximum atomic E-state index is 12.6. The van der Waals surface area contributed by atoms with Gasteiger partial charge in [0, 0.05) is 18.7 Å². The van der Waals surface area contributed by atoms with Crippen molar-refractivity contribution in [1.82, 2.24) is 20.3 Å². The average Bonchev–Trinajstić information content (AvgIpc) is 2.83. The highest BCUT2D eigenvalue weighted by molar-refractivity contribution is 5.94. The van der Waals surface area contributed by atoms with E-state index in [0.29, 0.717) is 43.6 Å². The van der Waals surface area contributed by atoms with Gasteiger partial charge in [-0.2, -0.15) is 15.0 Å². The molecule has 0 aliphatic carbocycles. The van der Waals surface area contributed by atoms with E-state index < -0.39 is 0 Å². The van der Waals surface area contributed by atoms with Gasteiger partial charge >= 0.3 is 6.01 Å². The molecular weight excluding hydrogens is 382 g/mol. The minimum Gasteiger partial charge on any atom is -0.467 e. The lowest BCUT2D eigenvalue weighted by Crippen LogP contribution is -2.37. The fourth-order valence-corrected chi connectivity index (χ4v) is 3.17. The molecule has 0 spiro atoms. The standard InChI is InChI=1S/C22H23N5O3/c1-29-22-25-19(24-21(26-22)27-11-13-30-14-12-27)15-23-20(28)18-9-7-17(8-10-18)16-5-3-2-4-6-16/h2-10H,11-15H2,1H3,(H,23,28). The van der Waals surface area contributed by atoms with Gasteiger partial charge in [-0.25, -0.2) is 0 Å². The number of hydrogen-bond donors (Lipinski definition) is 1. The smallest absolute Gasteiger partial charge is 0.321 e. The third-order valence-electron chi connectivity index (χ3n) is 4.79. The van der Waals surface area contributed by atoms with Crippen molar-refractivity contribution >= 4 is 11.9 Å². The van der Waals surface area contributed by atoms with E-state index in [1.165, 1.54) is 7.11 Å². The van der Waals surface area contributed by atoms with E-state index in [2.05, 4.69) is 20.3 Å². The Labute approximate surface area is 174 Å². The van der Waals surface area contributed by atoms with Crippen LogP contribution in [0.2, 0.25) is 0 Å². The molecule has 154 valence electrons. The molecule has 1 aromatic heterocycles. The lowest BCUT2D eigenvalue weighted by molar-refractivity contribution is 0.0949. The van der Waals surface area contributed by atoms with Crippen molar-refractivity contribution in [3.05, 3.63) is 66.0 Å². The van der Waals surface area contributed by atoms with Crippen LogP contribution in [-0.2, 0) is 11.3 Å². The van der Waals surface area contributed by atoms with Gasteiger partial charge < -0.3 is 19.7 Å². The van der Waals surface area contributed by atoms with Crippen LogP contribution in [0.4, 0.5) is 5.95 Å². The van der Waals surface area contributed by atoms with Gasteiger partial charge in [-0.05, 0) is 23.3 Å². The molecule has 8 heteroatoms. The van der Waals surface area contributed by atoms with Crippen LogP contribution < -0.4 is 15.0 Å². The predicted octanol–water partition coefficient (Wildman–Crippen LogP) is 2.31. The summed E-state index contributed by atoms with van der Waals surface area (Å²) in [7, 11) is 1.51. The van der Waals surface area contributed by atoms with Crippen LogP contribution >= 0.6 is 0 Å². The Balaban J connectivity index is 1.43. The molecule has 8 nitrogen and oxygen atoms in total. The van der Waals surface area contributed by atoms with Gasteiger partial charge in [0.2, 0.25) is 5.95 Å². The lowest BCUT2D eigenvalue weighted by atomic mass is 10.0. The molecule has 0 bridgehead atoms. The molecular formula is C22H23N5O3. The second-order valence-electron chi connectivity index (χ2n) is 6.76. The number of methoxy groups -OCH3 is 1. The zero-order valence-electron chi connectivity index (χ0n) is 16.7. The van der Waals surface area contributed by atoms with E-state index in [1.54, 1.807) is 0 Å². The summed E-state index contributed by atoms with van der Waals surface area (Å²) in [6.45, 7) is 2.83. The number of benzene rings is 2. The Bertz CT molecular complexity index is 989. The van der Waals surface area contributed by atoms with Crippen molar-refractivity contribution in [3.8, 4) is 17.1 Å². The SMILES string of the molecule is COc1nc(CNC(=O)c2ccc(-c3ccccc3)cc2)nc(N2CCOCC2)n1. The fourth-order valence-electron chi connectivity index (χ4n) is 3.17. The minimum absolute atomic E-state index is 0.176. The minimum atomic E-state index is -0.193. The Morgan fingerprint density at radius 2 is 1.70 bits per heavy atom. The molecule has 1 N–H and O–H groups in total. The quantitative estimate of drug-likeness (QED) is 0.673. The van der Waals surface area contributed by atoms with E-state index in [1.807, 2.05) is 59.5 Å². The molecule has 2 aromatic carbocycles. The summed E-state index contributed by atoms with van der Waals surface area (Å²) in [6.07, 6.45) is 0. The number of amides is 1. The fraction of sp³-hybridized carbons (Fsp3) is 0.273. The summed E-state index contributed by atoms with van der Waals surface area (Å²) < 4.78 is 10.6. The molecule has 0 saturated carbocycles. The second-order valence-corrected chi connectivity index (χ2v) is 6.76. The van der Waals surface area contributed by atoms with Gasteiger partial charge in [0.25, 0.3) is 5.91 Å². The molecule has 30 heavy (non-hydrogen) atoms. The van der Waals surface area contributed by atoms with E-state index in [9.17, 15) is 4.79 Å². The number of hydrogen-bond acceptors (Lipinski definition) is 7. The summed E-state index contributed by atoms with van der Waals surface area (Å²) in [4.78, 5) is 27.6. The number of nitrogens with one attached hydrogen (secondary N) is 1. The average molecular weight is 405 g/mol. The number of anilines is 1. The van der Waals surface area contributed by atoms with Gasteiger partial charge in [-0.1, -0.05) is 42.5 Å². The zero-order chi connectivity index (χ0) is 20.8. The first-order valence-corrected chi connectivity index (χ1v) is 9.78. The molecule has 1 fully saturated rings. The molecule has 1 aliphatic heterocycles. The molecule has 2 heterocycles. The van der Waals surface area contributed by atoms with Crippen molar-refractivity contribution in [3.63, 3.8) is 0 Å². The highest BCUT2D eigenvalue weighted by Gasteiger charge is 2.17. The highest BCUT2D eigenvalue weighted by atomic mass is 16.5. The number of morpholine rings is 1. The molecule has 1 saturated heterocycles. The monoisotopic (exact) mass is 405 g/mol. The van der Waals surface area contributed by atoms with Crippen molar-refractivity contribution in [2.75, 3.05) is 38.3 Å². The highest BCUT2D eigenvalue weighted by Crippen LogP contribution is 2.19. The van der Waals surface area contributed by atoms with Crippen molar-refractivity contribution < 1.29 is 14.3 Å². The molecule has 1 aliphatic rings. The Morgan fingerprint density at radius 1 is 1.00 bits per heavy atom. The van der Waals surface area contributed by atoms with Gasteiger partial charge in [-0.3, -0.25) is 4.79 Å².